The van der Waals surface area contributed by atoms with E-state index in [1.807, 2.05) is 6.08 Å². The third-order valence-corrected chi connectivity index (χ3v) is 11.7. The second kappa shape index (κ2) is 9.17. The Kier molecular flexibility index (Phi) is 5.86. The van der Waals surface area contributed by atoms with Crippen LogP contribution >= 0.6 is 5.96 Å². The van der Waals surface area contributed by atoms with Gasteiger partial charge in [-0.2, -0.15) is 0 Å². The van der Waals surface area contributed by atoms with Crippen LogP contribution in [0.2, 0.25) is 0 Å². The molecule has 0 unspecified atom stereocenters. The molecule has 0 saturated heterocycles. The van der Waals surface area contributed by atoms with Crippen molar-refractivity contribution < 1.29 is 9.05 Å². The number of allylic oxidation sites excluding steroid dienone is 1. The van der Waals surface area contributed by atoms with E-state index in [0.717, 1.165) is 35.5 Å². The number of hydrogen-bond donors (Lipinski definition) is 0. The zero-order chi connectivity index (χ0) is 23.8. The fourth-order valence-electron chi connectivity index (χ4n) is 5.02. The molecule has 0 N–H and O–H groups in total. The first-order valence-electron chi connectivity index (χ1n) is 11.8. The number of fused-ring (bicyclic) bond motifs is 7. The van der Waals surface area contributed by atoms with Gasteiger partial charge in [0.2, 0.25) is 0 Å². The Hall–Kier alpha value is -3.09. The summed E-state index contributed by atoms with van der Waals surface area (Å²) in [4.78, 5) is 0. The van der Waals surface area contributed by atoms with Crippen LogP contribution < -0.4 is 9.05 Å². The molecule has 5 aromatic rings. The van der Waals surface area contributed by atoms with Crippen molar-refractivity contribution in [1.29, 1.82) is 0 Å². The minimum atomic E-state index is -2.52. The Morgan fingerprint density at radius 2 is 1.20 bits per heavy atom. The quantitative estimate of drug-likeness (QED) is 0.127. The monoisotopic (exact) mass is 540 g/mol. The first-order chi connectivity index (χ1) is 17.2. The van der Waals surface area contributed by atoms with Crippen LogP contribution in [-0.2, 0) is 6.42 Å². The first-order valence-corrected chi connectivity index (χ1v) is 15.7. The first kappa shape index (κ1) is 22.4. The molecular formula is C31H25O2PSe. The molecule has 0 spiro atoms. The van der Waals surface area contributed by atoms with Crippen LogP contribution in [0, 0.1) is 0 Å². The van der Waals surface area contributed by atoms with Crippen molar-refractivity contribution in [2.24, 2.45) is 0 Å². The van der Waals surface area contributed by atoms with E-state index < -0.39 is 5.96 Å². The number of rotatable bonds is 5. The van der Waals surface area contributed by atoms with Crippen LogP contribution in [0.3, 0.4) is 0 Å². The molecular weight excluding hydrogens is 514 g/mol. The summed E-state index contributed by atoms with van der Waals surface area (Å²) in [7, 11) is 0. The maximum absolute atomic E-state index is 6.96. The summed E-state index contributed by atoms with van der Waals surface area (Å²) in [5.74, 6) is -0.779. The van der Waals surface area contributed by atoms with Crippen LogP contribution in [0.25, 0.3) is 32.7 Å². The fourth-order valence-corrected chi connectivity index (χ4v) is 9.07. The van der Waals surface area contributed by atoms with E-state index >= 15 is 0 Å². The molecule has 1 aliphatic heterocycles. The van der Waals surface area contributed by atoms with Gasteiger partial charge >= 0.3 is 214 Å². The summed E-state index contributed by atoms with van der Waals surface area (Å²) in [6, 6.07) is 36.1. The minimum absolute atomic E-state index is 0.124. The Morgan fingerprint density at radius 3 is 1.74 bits per heavy atom. The van der Waals surface area contributed by atoms with Gasteiger partial charge < -0.3 is 0 Å². The zero-order valence-electron chi connectivity index (χ0n) is 19.3. The standard InChI is InChI=1S/C31H25O2PSe/c1-2-10-25(21-22-11-4-3-5-12-22)34(35)32-28-19-17-23-13-6-8-15-26(23)30(28)31-27-16-9-7-14-24(27)18-20-29(31)33-34/h2-9,11-20,25H,1,10,21H2/t25-/m1/s1. The summed E-state index contributed by atoms with van der Waals surface area (Å²) < 4.78 is 13.9. The fraction of sp³-hybridized carbons (Fsp3) is 0.0968. The van der Waals surface area contributed by atoms with Crippen molar-refractivity contribution in [2.45, 2.75) is 18.5 Å². The van der Waals surface area contributed by atoms with Gasteiger partial charge in [0.05, 0.1) is 0 Å². The number of hydrogen-bond acceptors (Lipinski definition) is 2. The summed E-state index contributed by atoms with van der Waals surface area (Å²) >= 11 is 3.43. The molecule has 35 heavy (non-hydrogen) atoms. The van der Waals surface area contributed by atoms with Crippen molar-refractivity contribution >= 4 is 42.6 Å². The zero-order valence-corrected chi connectivity index (χ0v) is 21.9. The molecule has 1 atom stereocenters. The molecule has 0 radical (unpaired) electrons. The van der Waals surface area contributed by atoms with Crippen LogP contribution in [0.15, 0.2) is 116 Å². The van der Waals surface area contributed by atoms with E-state index in [0.29, 0.717) is 0 Å². The van der Waals surface area contributed by atoms with E-state index in [2.05, 4.69) is 125 Å². The van der Waals surface area contributed by atoms with Crippen LogP contribution in [0.1, 0.15) is 12.0 Å². The van der Waals surface area contributed by atoms with Crippen molar-refractivity contribution in [3.05, 3.63) is 121 Å². The van der Waals surface area contributed by atoms with E-state index in [1.54, 1.807) is 0 Å². The molecule has 2 nitrogen and oxygen atoms in total. The van der Waals surface area contributed by atoms with Crippen LogP contribution in [-0.4, -0.2) is 20.8 Å². The van der Waals surface area contributed by atoms with Gasteiger partial charge in [-0.1, -0.05) is 0 Å². The third-order valence-electron chi connectivity index (χ3n) is 6.68. The Morgan fingerprint density at radius 1 is 0.686 bits per heavy atom. The molecule has 0 aromatic heterocycles. The summed E-state index contributed by atoms with van der Waals surface area (Å²) in [6.07, 6.45) is 3.62. The molecule has 1 heterocycles. The second-order valence-corrected chi connectivity index (χ2v) is 14.3. The average Bonchev–Trinajstić information content (AvgIpc) is 3.03. The average molecular weight is 539 g/mol. The van der Waals surface area contributed by atoms with E-state index in [-0.39, 0.29) is 5.66 Å². The Balaban J connectivity index is 1.61. The molecule has 5 aromatic carbocycles. The van der Waals surface area contributed by atoms with Gasteiger partial charge in [0.25, 0.3) is 0 Å². The molecule has 4 heteroatoms. The van der Waals surface area contributed by atoms with Crippen LogP contribution in [0.4, 0.5) is 0 Å². The van der Waals surface area contributed by atoms with Crippen molar-refractivity contribution in [1.82, 2.24) is 0 Å². The molecule has 0 amide bonds. The van der Waals surface area contributed by atoms with Gasteiger partial charge in [-0.3, -0.25) is 0 Å². The molecule has 172 valence electrons. The molecule has 6 rings (SSSR count). The SMILES string of the molecule is C=CC[C@H](Cc1ccccc1)P1(=[Se])Oc2ccc3ccccc3c2-c2c(ccc3ccccc23)O1. The van der Waals surface area contributed by atoms with Gasteiger partial charge in [0.1, 0.15) is 0 Å². The number of benzene rings is 5. The Labute approximate surface area is 213 Å². The van der Waals surface area contributed by atoms with Gasteiger partial charge in [0.15, 0.2) is 0 Å². The van der Waals surface area contributed by atoms with E-state index in [4.69, 9.17) is 9.05 Å². The van der Waals surface area contributed by atoms with Crippen molar-refractivity contribution in [2.75, 3.05) is 0 Å². The second-order valence-electron chi connectivity index (χ2n) is 8.91. The van der Waals surface area contributed by atoms with Crippen molar-refractivity contribution in [3.8, 4) is 22.6 Å². The normalized spacial score (nSPS) is 14.7. The summed E-state index contributed by atoms with van der Waals surface area (Å²) in [5, 5.41) is 4.71. The molecule has 0 aliphatic carbocycles. The summed E-state index contributed by atoms with van der Waals surface area (Å²) in [5.41, 5.74) is 3.59. The molecule has 0 bridgehead atoms. The van der Waals surface area contributed by atoms with Gasteiger partial charge in [0, 0.05) is 0 Å². The molecule has 0 fully saturated rings. The van der Waals surface area contributed by atoms with Gasteiger partial charge in [-0.25, -0.2) is 0 Å². The van der Waals surface area contributed by atoms with Crippen molar-refractivity contribution in [3.63, 3.8) is 0 Å². The van der Waals surface area contributed by atoms with E-state index in [1.165, 1.54) is 27.1 Å². The third kappa shape index (κ3) is 4.05. The van der Waals surface area contributed by atoms with E-state index in [9.17, 15) is 0 Å². The topological polar surface area (TPSA) is 18.5 Å². The summed E-state index contributed by atoms with van der Waals surface area (Å²) in [6.45, 7) is 4.05. The Bertz CT molecular complexity index is 1520. The predicted molar refractivity (Wildman–Crippen MR) is 150 cm³/mol. The maximum atomic E-state index is 6.96. The van der Waals surface area contributed by atoms with Crippen LogP contribution in [0.5, 0.6) is 11.5 Å². The predicted octanol–water partition coefficient (Wildman–Crippen LogP) is 8.55. The molecule has 0 saturated carbocycles. The van der Waals surface area contributed by atoms with Gasteiger partial charge in [-0.15, -0.1) is 0 Å². The molecule has 1 aliphatic rings. The van der Waals surface area contributed by atoms with Gasteiger partial charge in [-0.05, 0) is 0 Å².